The Morgan fingerprint density at radius 2 is 0.642 bits per heavy atom. The van der Waals surface area contributed by atoms with Gasteiger partial charge in [-0.3, -0.25) is 0 Å². The van der Waals surface area contributed by atoms with Crippen LogP contribution in [-0.2, 0) is 9.59 Å². The second kappa shape index (κ2) is 38.4. The molecule has 0 saturated heterocycles. The summed E-state index contributed by atoms with van der Waals surface area (Å²) in [6.45, 7) is 4.56. The van der Waals surface area contributed by atoms with Crippen LogP contribution in [0.5, 0.6) is 0 Å². The van der Waals surface area contributed by atoms with E-state index in [1.807, 2.05) is 0 Å². The first-order valence-electron chi connectivity index (χ1n) is 22.0. The summed E-state index contributed by atoms with van der Waals surface area (Å²) < 4.78 is 0. The van der Waals surface area contributed by atoms with Crippen LogP contribution in [0.25, 0.3) is 0 Å². The Kier molecular flexibility index (Phi) is 37.1. The van der Waals surface area contributed by atoms with Gasteiger partial charge in [-0.2, -0.15) is 0 Å². The van der Waals surface area contributed by atoms with Gasteiger partial charge in [-0.25, -0.2) is 0 Å². The Hall–Kier alpha value is -1.85. The van der Waals surface area contributed by atoms with Crippen LogP contribution in [0.2, 0.25) is 0 Å². The van der Waals surface area contributed by atoms with Gasteiger partial charge in [0.15, 0.2) is 0 Å². The molecule has 0 N–H and O–H groups in total. The molecule has 0 aliphatic carbocycles. The number of unbranched alkanes of at least 4 members (excludes halogenated alkanes) is 20. The first-order valence-corrected chi connectivity index (χ1v) is 22.0. The molecule has 0 aliphatic rings. The molecule has 53 heavy (non-hydrogen) atoms. The summed E-state index contributed by atoms with van der Waals surface area (Å²) in [6.07, 6.45) is 35.6. The molecule has 4 nitrogen and oxygen atoms in total. The summed E-state index contributed by atoms with van der Waals surface area (Å²) in [7, 11) is 0. The van der Waals surface area contributed by atoms with E-state index in [9.17, 15) is 19.8 Å². The van der Waals surface area contributed by atoms with Crippen molar-refractivity contribution in [3.05, 3.63) is 71.8 Å². The van der Waals surface area contributed by atoms with Crippen molar-refractivity contribution in [1.29, 1.82) is 0 Å². The minimum absolute atomic E-state index is 0. The number of benzene rings is 2. The maximum Gasteiger partial charge on any atom is 2.00 e. The second-order valence-corrected chi connectivity index (χ2v) is 15.4. The maximum absolute atomic E-state index is 10.3. The molecule has 2 rings (SSSR count). The molecule has 0 amide bonds. The van der Waals surface area contributed by atoms with E-state index >= 15 is 0 Å². The van der Waals surface area contributed by atoms with Gasteiger partial charge in [0.1, 0.15) is 0 Å². The third-order valence-corrected chi connectivity index (χ3v) is 10.7. The summed E-state index contributed by atoms with van der Waals surface area (Å²) >= 11 is 0. The fourth-order valence-electron chi connectivity index (χ4n) is 7.48. The van der Waals surface area contributed by atoms with Crippen LogP contribution >= 0.6 is 0 Å². The number of carbonyl (C=O) groups excluding carboxylic acids is 2. The average Bonchev–Trinajstić information content (AvgIpc) is 3.15. The van der Waals surface area contributed by atoms with Gasteiger partial charge in [0.05, 0.1) is 0 Å². The normalized spacial score (nSPS) is 12.0. The molecule has 2 aromatic rings. The van der Waals surface area contributed by atoms with Crippen molar-refractivity contribution in [2.24, 2.45) is 0 Å². The van der Waals surface area contributed by atoms with Crippen molar-refractivity contribution in [3.63, 3.8) is 0 Å². The predicted molar refractivity (Wildman–Crippen MR) is 224 cm³/mol. The van der Waals surface area contributed by atoms with Gasteiger partial charge in [-0.15, -0.1) is 0 Å². The molecule has 0 radical (unpaired) electrons. The number of hydrogen-bond donors (Lipinski definition) is 0. The number of carbonyl (C=O) groups is 2. The molecule has 0 spiro atoms. The smallest absolute Gasteiger partial charge is 0.550 e. The minimum Gasteiger partial charge on any atom is -0.550 e. The Morgan fingerprint density at radius 1 is 0.396 bits per heavy atom. The molecule has 0 heterocycles. The van der Waals surface area contributed by atoms with E-state index in [-0.39, 0.29) is 35.9 Å². The number of hydrogen-bond acceptors (Lipinski definition) is 4. The van der Waals surface area contributed by atoms with E-state index in [1.54, 1.807) is 0 Å². The van der Waals surface area contributed by atoms with E-state index < -0.39 is 11.9 Å². The molecule has 5 heteroatoms. The minimum atomic E-state index is -0.909. The molecular weight excluding hydrogens is 665 g/mol. The van der Waals surface area contributed by atoms with Crippen molar-refractivity contribution in [1.82, 2.24) is 0 Å². The Balaban J connectivity index is 0.00000100. The van der Waals surface area contributed by atoms with Crippen LogP contribution < -0.4 is 10.2 Å². The third kappa shape index (κ3) is 32.1. The molecule has 296 valence electrons. The molecule has 0 aliphatic heterocycles. The van der Waals surface area contributed by atoms with Crippen LogP contribution in [0, 0.1) is 0 Å². The fraction of sp³-hybridized carbons (Fsp3) is 0.708. The van der Waals surface area contributed by atoms with Gasteiger partial charge >= 0.3 is 23.1 Å². The van der Waals surface area contributed by atoms with Gasteiger partial charge < -0.3 is 19.8 Å². The number of rotatable bonds is 34. The molecular formula is C48H78MgO4. The Bertz CT molecular complexity index is 974. The van der Waals surface area contributed by atoms with E-state index in [0.717, 1.165) is 37.5 Å². The zero-order valence-electron chi connectivity index (χ0n) is 34.5. The standard InChI is InChI=1S/2C24H40O2.Mg/c2*1-2-3-12-17-22(23-19-14-11-15-20-23)18-13-9-7-5-4-6-8-10-16-21-24(25)26;/h2*11,14-15,19-20,22H,2-10,12-13,16-18,21H2,1H3,(H,25,26);/q;;+2/p-2. The van der Waals surface area contributed by atoms with Crippen molar-refractivity contribution < 1.29 is 19.8 Å². The quantitative estimate of drug-likeness (QED) is 0.0528. The van der Waals surface area contributed by atoms with Crippen LogP contribution in [0.3, 0.4) is 0 Å². The van der Waals surface area contributed by atoms with E-state index in [1.165, 1.54) is 165 Å². The second-order valence-electron chi connectivity index (χ2n) is 15.4. The zero-order chi connectivity index (χ0) is 37.7. The van der Waals surface area contributed by atoms with Crippen molar-refractivity contribution in [2.45, 2.75) is 218 Å². The van der Waals surface area contributed by atoms with E-state index in [0.29, 0.717) is 0 Å². The zero-order valence-corrected chi connectivity index (χ0v) is 35.9. The topological polar surface area (TPSA) is 80.3 Å². The summed E-state index contributed by atoms with van der Waals surface area (Å²) in [5.41, 5.74) is 3.06. The van der Waals surface area contributed by atoms with Gasteiger partial charge in [-0.05, 0) is 74.3 Å². The number of carboxylic acid groups (broad SMARTS) is 2. The molecule has 0 aromatic heterocycles. The number of aliphatic carboxylic acids is 2. The van der Waals surface area contributed by atoms with Gasteiger partial charge in [-0.1, -0.05) is 216 Å². The Morgan fingerprint density at radius 3 is 0.906 bits per heavy atom. The van der Waals surface area contributed by atoms with Crippen LogP contribution in [0.1, 0.15) is 229 Å². The fourth-order valence-corrected chi connectivity index (χ4v) is 7.48. The first-order chi connectivity index (χ1) is 25.5. The van der Waals surface area contributed by atoms with E-state index in [4.69, 9.17) is 0 Å². The summed E-state index contributed by atoms with van der Waals surface area (Å²) in [4.78, 5) is 20.7. The summed E-state index contributed by atoms with van der Waals surface area (Å²) in [5.74, 6) is -0.333. The number of carboxylic acids is 2. The van der Waals surface area contributed by atoms with Gasteiger partial charge in [0, 0.05) is 11.9 Å². The molecule has 2 atom stereocenters. The van der Waals surface area contributed by atoms with Crippen molar-refractivity contribution >= 4 is 35.0 Å². The van der Waals surface area contributed by atoms with Gasteiger partial charge in [0.25, 0.3) is 0 Å². The van der Waals surface area contributed by atoms with Crippen molar-refractivity contribution in [2.75, 3.05) is 0 Å². The van der Waals surface area contributed by atoms with Gasteiger partial charge in [0.2, 0.25) is 0 Å². The molecule has 0 saturated carbocycles. The first kappa shape index (κ1) is 51.1. The molecule has 0 bridgehead atoms. The molecule has 2 unspecified atom stereocenters. The molecule has 2 aromatic carbocycles. The average molecular weight is 743 g/mol. The van der Waals surface area contributed by atoms with Crippen LogP contribution in [-0.4, -0.2) is 35.0 Å². The van der Waals surface area contributed by atoms with E-state index in [2.05, 4.69) is 74.5 Å². The van der Waals surface area contributed by atoms with Crippen LogP contribution in [0.4, 0.5) is 0 Å². The van der Waals surface area contributed by atoms with Crippen LogP contribution in [0.15, 0.2) is 60.7 Å². The SMILES string of the molecule is CCCCCC(CCCCCCCCCCCC(=O)[O-])c1ccccc1.CCCCCC(CCCCCCCCCCCC(=O)[O-])c1ccccc1.[Mg+2]. The summed E-state index contributed by atoms with van der Waals surface area (Å²) in [5, 5.41) is 20.7. The monoisotopic (exact) mass is 743 g/mol. The molecule has 0 fully saturated rings. The summed E-state index contributed by atoms with van der Waals surface area (Å²) in [6, 6.07) is 22.1. The third-order valence-electron chi connectivity index (χ3n) is 10.7. The predicted octanol–water partition coefficient (Wildman–Crippen LogP) is 12.4. The van der Waals surface area contributed by atoms with Crippen molar-refractivity contribution in [3.8, 4) is 0 Å². The maximum atomic E-state index is 10.3. The largest absolute Gasteiger partial charge is 2.00 e. The Labute approximate surface area is 343 Å².